The third-order valence-electron chi connectivity index (χ3n) is 4.55. The summed E-state index contributed by atoms with van der Waals surface area (Å²) in [6, 6.07) is 19.0. The van der Waals surface area contributed by atoms with E-state index in [0.717, 1.165) is 17.5 Å². The second kappa shape index (κ2) is 9.03. The molecular weight excluding hydrogens is 379 g/mol. The fourth-order valence-corrected chi connectivity index (χ4v) is 3.31. The predicted molar refractivity (Wildman–Crippen MR) is 111 cm³/mol. The van der Waals surface area contributed by atoms with Crippen LogP contribution in [-0.4, -0.2) is 16.9 Å². The van der Waals surface area contributed by atoms with E-state index in [1.165, 1.54) is 0 Å². The average Bonchev–Trinajstić information content (AvgIpc) is 2.69. The van der Waals surface area contributed by atoms with Gasteiger partial charge >= 0.3 is 0 Å². The summed E-state index contributed by atoms with van der Waals surface area (Å²) in [6.07, 6.45) is 3.99. The lowest BCUT2D eigenvalue weighted by Gasteiger charge is -2.26. The molecule has 0 fully saturated rings. The zero-order valence-corrected chi connectivity index (χ0v) is 16.4. The number of nitrogens with zero attached hydrogens (tertiary/aromatic N) is 1. The van der Waals surface area contributed by atoms with Gasteiger partial charge in [-0.3, -0.25) is 9.78 Å². The number of halogens is 2. The molecule has 0 bridgehead atoms. The predicted octanol–water partition coefficient (Wildman–Crippen LogP) is 5.53. The van der Waals surface area contributed by atoms with Gasteiger partial charge in [-0.1, -0.05) is 47.5 Å². The van der Waals surface area contributed by atoms with Crippen LogP contribution in [0.2, 0.25) is 10.0 Å². The van der Waals surface area contributed by atoms with Gasteiger partial charge in [0.1, 0.15) is 0 Å². The van der Waals surface area contributed by atoms with Crippen molar-refractivity contribution in [2.45, 2.75) is 25.3 Å². The van der Waals surface area contributed by atoms with E-state index in [1.807, 2.05) is 55.5 Å². The Kier molecular flexibility index (Phi) is 6.49. The SMILES string of the molecule is C[C@@H](NC(=O)c1cccnc1)[C@H](Cc1ccc(Cl)cc1)c1ccc(Cl)cc1. The molecule has 27 heavy (non-hydrogen) atoms. The molecule has 1 N–H and O–H groups in total. The fraction of sp³-hybridized carbons (Fsp3) is 0.182. The summed E-state index contributed by atoms with van der Waals surface area (Å²) in [7, 11) is 0. The van der Waals surface area contributed by atoms with E-state index in [9.17, 15) is 4.79 Å². The van der Waals surface area contributed by atoms with Crippen LogP contribution >= 0.6 is 23.2 Å². The van der Waals surface area contributed by atoms with Crippen LogP contribution in [0.15, 0.2) is 73.1 Å². The number of amides is 1. The molecule has 3 nitrogen and oxygen atoms in total. The zero-order chi connectivity index (χ0) is 19.2. The van der Waals surface area contributed by atoms with Crippen molar-refractivity contribution in [2.75, 3.05) is 0 Å². The maximum Gasteiger partial charge on any atom is 0.253 e. The van der Waals surface area contributed by atoms with Gasteiger partial charge in [-0.15, -0.1) is 0 Å². The van der Waals surface area contributed by atoms with Gasteiger partial charge in [0.2, 0.25) is 0 Å². The van der Waals surface area contributed by atoms with Crippen LogP contribution in [0.3, 0.4) is 0 Å². The molecule has 138 valence electrons. The van der Waals surface area contributed by atoms with E-state index in [4.69, 9.17) is 23.2 Å². The van der Waals surface area contributed by atoms with Gasteiger partial charge in [0, 0.05) is 34.4 Å². The van der Waals surface area contributed by atoms with Crippen molar-refractivity contribution in [3.05, 3.63) is 99.8 Å². The van der Waals surface area contributed by atoms with Gasteiger partial charge in [-0.05, 0) is 60.9 Å². The lowest BCUT2D eigenvalue weighted by Crippen LogP contribution is -2.38. The third-order valence-corrected chi connectivity index (χ3v) is 5.06. The first-order valence-corrected chi connectivity index (χ1v) is 9.49. The van der Waals surface area contributed by atoms with E-state index < -0.39 is 0 Å². The van der Waals surface area contributed by atoms with E-state index in [1.54, 1.807) is 24.5 Å². The molecule has 0 aliphatic rings. The number of benzene rings is 2. The first-order chi connectivity index (χ1) is 13.0. The Morgan fingerprint density at radius 2 is 1.63 bits per heavy atom. The highest BCUT2D eigenvalue weighted by Crippen LogP contribution is 2.27. The molecule has 0 unspecified atom stereocenters. The number of hydrogen-bond donors (Lipinski definition) is 1. The van der Waals surface area contributed by atoms with Crippen LogP contribution in [0.1, 0.15) is 34.3 Å². The molecule has 3 aromatic rings. The Morgan fingerprint density at radius 1 is 1.00 bits per heavy atom. The molecule has 1 amide bonds. The highest BCUT2D eigenvalue weighted by Gasteiger charge is 2.22. The van der Waals surface area contributed by atoms with E-state index in [2.05, 4.69) is 10.3 Å². The summed E-state index contributed by atoms with van der Waals surface area (Å²) in [4.78, 5) is 16.6. The Bertz CT molecular complexity index is 880. The molecule has 1 aromatic heterocycles. The summed E-state index contributed by atoms with van der Waals surface area (Å²) in [6.45, 7) is 2.02. The van der Waals surface area contributed by atoms with E-state index in [0.29, 0.717) is 15.6 Å². The fourth-order valence-electron chi connectivity index (χ4n) is 3.06. The molecule has 5 heteroatoms. The minimum atomic E-state index is -0.134. The maximum absolute atomic E-state index is 12.6. The standard InChI is InChI=1S/C22H20Cl2N2O/c1-15(26-22(27)18-3-2-12-25-14-18)21(17-6-10-20(24)11-7-17)13-16-4-8-19(23)9-5-16/h2-12,14-15,21H,13H2,1H3,(H,26,27)/t15-,21+/m1/s1. The molecule has 2 aromatic carbocycles. The highest BCUT2D eigenvalue weighted by molar-refractivity contribution is 6.30. The lowest BCUT2D eigenvalue weighted by atomic mass is 9.86. The van der Waals surface area contributed by atoms with Gasteiger partial charge in [-0.25, -0.2) is 0 Å². The molecule has 3 rings (SSSR count). The van der Waals surface area contributed by atoms with Gasteiger partial charge in [0.05, 0.1) is 5.56 Å². The molecule has 0 saturated carbocycles. The number of pyridine rings is 1. The molecule has 0 saturated heterocycles. The summed E-state index contributed by atoms with van der Waals surface area (Å²) in [5.41, 5.74) is 2.82. The zero-order valence-electron chi connectivity index (χ0n) is 14.9. The van der Waals surface area contributed by atoms with Crippen LogP contribution < -0.4 is 5.32 Å². The van der Waals surface area contributed by atoms with E-state index >= 15 is 0 Å². The quantitative estimate of drug-likeness (QED) is 0.592. The molecular formula is C22H20Cl2N2O. The molecule has 2 atom stereocenters. The van der Waals surface area contributed by atoms with Crippen LogP contribution in [0.5, 0.6) is 0 Å². The lowest BCUT2D eigenvalue weighted by molar-refractivity contribution is 0.0934. The topological polar surface area (TPSA) is 42.0 Å². The maximum atomic E-state index is 12.6. The number of nitrogens with one attached hydrogen (secondary N) is 1. The monoisotopic (exact) mass is 398 g/mol. The van der Waals surface area contributed by atoms with Gasteiger partial charge in [-0.2, -0.15) is 0 Å². The number of carbonyl (C=O) groups is 1. The first-order valence-electron chi connectivity index (χ1n) is 8.74. The average molecular weight is 399 g/mol. The van der Waals surface area contributed by atoms with Crippen molar-refractivity contribution in [2.24, 2.45) is 0 Å². The Balaban J connectivity index is 1.82. The Labute approximate surface area is 169 Å². The number of aromatic nitrogens is 1. The van der Waals surface area contributed by atoms with Crippen LogP contribution in [0.25, 0.3) is 0 Å². The molecule has 0 aliphatic carbocycles. The van der Waals surface area contributed by atoms with Crippen LogP contribution in [0, 0.1) is 0 Å². The molecule has 0 spiro atoms. The summed E-state index contributed by atoms with van der Waals surface area (Å²) in [5.74, 6) is -0.0465. The third kappa shape index (κ3) is 5.31. The van der Waals surface area contributed by atoms with Crippen molar-refractivity contribution in [1.29, 1.82) is 0 Å². The summed E-state index contributed by atoms with van der Waals surface area (Å²) >= 11 is 12.1. The van der Waals surface area contributed by atoms with Gasteiger partial charge in [0.15, 0.2) is 0 Å². The minimum absolute atomic E-state index is 0.0871. The normalized spacial score (nSPS) is 13.0. The van der Waals surface area contributed by atoms with Gasteiger partial charge < -0.3 is 5.32 Å². The van der Waals surface area contributed by atoms with E-state index in [-0.39, 0.29) is 17.9 Å². The molecule has 1 heterocycles. The first kappa shape index (κ1) is 19.4. The largest absolute Gasteiger partial charge is 0.349 e. The highest BCUT2D eigenvalue weighted by atomic mass is 35.5. The van der Waals surface area contributed by atoms with Crippen molar-refractivity contribution in [1.82, 2.24) is 10.3 Å². The minimum Gasteiger partial charge on any atom is -0.349 e. The molecule has 0 aliphatic heterocycles. The smallest absolute Gasteiger partial charge is 0.253 e. The number of hydrogen-bond acceptors (Lipinski definition) is 2. The summed E-state index contributed by atoms with van der Waals surface area (Å²) in [5, 5.41) is 4.50. The van der Waals surface area contributed by atoms with Crippen LogP contribution in [0.4, 0.5) is 0 Å². The number of carbonyl (C=O) groups excluding carboxylic acids is 1. The second-order valence-corrected chi connectivity index (χ2v) is 7.37. The molecule has 0 radical (unpaired) electrons. The van der Waals surface area contributed by atoms with Crippen molar-refractivity contribution >= 4 is 29.1 Å². The van der Waals surface area contributed by atoms with Crippen molar-refractivity contribution < 1.29 is 4.79 Å². The van der Waals surface area contributed by atoms with Crippen LogP contribution in [-0.2, 0) is 6.42 Å². The number of rotatable bonds is 6. The second-order valence-electron chi connectivity index (χ2n) is 6.49. The Morgan fingerprint density at radius 3 is 2.22 bits per heavy atom. The summed E-state index contributed by atoms with van der Waals surface area (Å²) < 4.78 is 0. The van der Waals surface area contributed by atoms with Crippen molar-refractivity contribution in [3.63, 3.8) is 0 Å². The Hall–Kier alpha value is -2.36. The van der Waals surface area contributed by atoms with Crippen molar-refractivity contribution in [3.8, 4) is 0 Å². The van der Waals surface area contributed by atoms with Gasteiger partial charge in [0.25, 0.3) is 5.91 Å².